The molecule has 1 N–H and O–H groups in total. The molecule has 0 amide bonds. The number of hydrogen-bond acceptors (Lipinski definition) is 4. The smallest absolute Gasteiger partial charge is 0.231 e. The Morgan fingerprint density at radius 2 is 2.00 bits per heavy atom. The van der Waals surface area contributed by atoms with Gasteiger partial charge in [-0.05, 0) is 30.5 Å². The largest absolute Gasteiger partial charge is 0.454 e. The summed E-state index contributed by atoms with van der Waals surface area (Å²) < 4.78 is 36.4. The third kappa shape index (κ3) is 4.26. The molecule has 2 rings (SSSR count). The fourth-order valence-electron chi connectivity index (χ4n) is 1.70. The van der Waals surface area contributed by atoms with Gasteiger partial charge in [0.25, 0.3) is 0 Å². The van der Waals surface area contributed by atoms with Crippen molar-refractivity contribution in [1.82, 2.24) is 4.72 Å². The number of rotatable bonds is 7. The minimum Gasteiger partial charge on any atom is -0.454 e. The molecule has 0 unspecified atom stereocenters. The van der Waals surface area contributed by atoms with Crippen LogP contribution >= 0.6 is 11.6 Å². The summed E-state index contributed by atoms with van der Waals surface area (Å²) in [5, 5.41) is 0. The van der Waals surface area contributed by atoms with Gasteiger partial charge in [0.1, 0.15) is 0 Å². The van der Waals surface area contributed by atoms with Crippen molar-refractivity contribution in [3.05, 3.63) is 23.8 Å². The summed E-state index contributed by atoms with van der Waals surface area (Å²) in [4.78, 5) is 0. The number of nitrogens with one attached hydrogen (secondary N) is 1. The molecule has 1 aromatic carbocycles. The van der Waals surface area contributed by atoms with Crippen LogP contribution < -0.4 is 14.2 Å². The maximum Gasteiger partial charge on any atom is 0.231 e. The van der Waals surface area contributed by atoms with Gasteiger partial charge in [0.15, 0.2) is 11.5 Å². The Labute approximate surface area is 117 Å². The van der Waals surface area contributed by atoms with E-state index >= 15 is 0 Å². The monoisotopic (exact) mass is 305 g/mol. The van der Waals surface area contributed by atoms with Crippen LogP contribution in [0.15, 0.2) is 18.2 Å². The molecule has 0 radical (unpaired) electrons. The van der Waals surface area contributed by atoms with Gasteiger partial charge in [-0.3, -0.25) is 0 Å². The highest BCUT2D eigenvalue weighted by atomic mass is 35.5. The van der Waals surface area contributed by atoms with Crippen LogP contribution in [0.1, 0.15) is 18.4 Å². The second-order valence-corrected chi connectivity index (χ2v) is 6.53. The highest BCUT2D eigenvalue weighted by Crippen LogP contribution is 2.32. The van der Waals surface area contributed by atoms with Crippen LogP contribution in [0.2, 0.25) is 0 Å². The molecule has 0 aliphatic carbocycles. The lowest BCUT2D eigenvalue weighted by Gasteiger charge is -2.07. The van der Waals surface area contributed by atoms with Gasteiger partial charge in [-0.25, -0.2) is 13.1 Å². The first-order valence-electron chi connectivity index (χ1n) is 6.02. The fraction of sp³-hybridized carbons (Fsp3) is 0.500. The highest BCUT2D eigenvalue weighted by molar-refractivity contribution is 7.89. The van der Waals surface area contributed by atoms with Gasteiger partial charge in [0.2, 0.25) is 16.8 Å². The average molecular weight is 306 g/mol. The van der Waals surface area contributed by atoms with E-state index in [0.29, 0.717) is 30.2 Å². The second kappa shape index (κ2) is 6.45. The third-order valence-electron chi connectivity index (χ3n) is 2.73. The fourth-order valence-corrected chi connectivity index (χ4v) is 3.01. The lowest BCUT2D eigenvalue weighted by atomic mass is 10.2. The summed E-state index contributed by atoms with van der Waals surface area (Å²) in [6.45, 7) is 0.461. The standard InChI is InChI=1S/C12H16ClNO4S/c13-5-1-2-6-19(15,16)14-8-10-3-4-11-12(7-10)18-9-17-11/h3-4,7,14H,1-2,5-6,8-9H2. The molecule has 0 aromatic heterocycles. The van der Waals surface area contributed by atoms with E-state index in [4.69, 9.17) is 21.1 Å². The first-order chi connectivity index (χ1) is 9.11. The van der Waals surface area contributed by atoms with Crippen LogP contribution in [0, 0.1) is 0 Å². The molecule has 1 heterocycles. The average Bonchev–Trinajstić information content (AvgIpc) is 2.84. The molecule has 1 aliphatic rings. The Hall–Kier alpha value is -0.980. The molecule has 0 atom stereocenters. The minimum atomic E-state index is -3.25. The number of fused-ring (bicyclic) bond motifs is 1. The van der Waals surface area contributed by atoms with E-state index in [9.17, 15) is 8.42 Å². The first kappa shape index (κ1) is 14.4. The molecular formula is C12H16ClNO4S. The molecule has 19 heavy (non-hydrogen) atoms. The Balaban J connectivity index is 1.88. The maximum absolute atomic E-state index is 11.7. The number of alkyl halides is 1. The van der Waals surface area contributed by atoms with Gasteiger partial charge in [0, 0.05) is 12.4 Å². The normalized spacial score (nSPS) is 13.7. The first-order valence-corrected chi connectivity index (χ1v) is 8.21. The molecule has 0 bridgehead atoms. The molecule has 0 spiro atoms. The number of halogens is 1. The van der Waals surface area contributed by atoms with E-state index in [1.54, 1.807) is 12.1 Å². The van der Waals surface area contributed by atoms with Crippen molar-refractivity contribution in [3.8, 4) is 11.5 Å². The Morgan fingerprint density at radius 1 is 1.21 bits per heavy atom. The van der Waals surface area contributed by atoms with Crippen molar-refractivity contribution < 1.29 is 17.9 Å². The summed E-state index contributed by atoms with van der Waals surface area (Å²) >= 11 is 5.52. The van der Waals surface area contributed by atoms with Crippen molar-refractivity contribution in [2.24, 2.45) is 0 Å². The quantitative estimate of drug-likeness (QED) is 0.617. The van der Waals surface area contributed by atoms with Crippen molar-refractivity contribution in [1.29, 1.82) is 0 Å². The summed E-state index contributed by atoms with van der Waals surface area (Å²) in [7, 11) is -3.25. The molecular weight excluding hydrogens is 290 g/mol. The van der Waals surface area contributed by atoms with Crippen LogP contribution in [0.25, 0.3) is 0 Å². The summed E-state index contributed by atoms with van der Waals surface area (Å²) in [5.41, 5.74) is 0.838. The SMILES string of the molecule is O=S(=O)(CCCCCl)NCc1ccc2c(c1)OCO2. The van der Waals surface area contributed by atoms with E-state index in [0.717, 1.165) is 5.56 Å². The summed E-state index contributed by atoms with van der Waals surface area (Å²) in [6, 6.07) is 5.37. The van der Waals surface area contributed by atoms with Gasteiger partial charge >= 0.3 is 0 Å². The van der Waals surface area contributed by atoms with E-state index < -0.39 is 10.0 Å². The predicted molar refractivity (Wildman–Crippen MR) is 73.1 cm³/mol. The molecule has 5 nitrogen and oxygen atoms in total. The summed E-state index contributed by atoms with van der Waals surface area (Å²) in [5.74, 6) is 1.93. The molecule has 0 saturated carbocycles. The van der Waals surface area contributed by atoms with Gasteiger partial charge in [0.05, 0.1) is 5.75 Å². The van der Waals surface area contributed by atoms with Crippen LogP contribution in [0.3, 0.4) is 0 Å². The Morgan fingerprint density at radius 3 is 2.79 bits per heavy atom. The van der Waals surface area contributed by atoms with Crippen LogP contribution in [-0.4, -0.2) is 26.8 Å². The molecule has 0 saturated heterocycles. The summed E-state index contributed by atoms with van der Waals surface area (Å²) in [6.07, 6.45) is 1.27. The molecule has 7 heteroatoms. The van der Waals surface area contributed by atoms with Crippen molar-refractivity contribution in [2.75, 3.05) is 18.4 Å². The lowest BCUT2D eigenvalue weighted by Crippen LogP contribution is -2.26. The number of ether oxygens (including phenoxy) is 2. The zero-order chi connectivity index (χ0) is 13.7. The molecule has 1 aromatic rings. The van der Waals surface area contributed by atoms with Crippen LogP contribution in [-0.2, 0) is 16.6 Å². The molecule has 0 fully saturated rings. The number of unbranched alkanes of at least 4 members (excludes halogenated alkanes) is 1. The van der Waals surface area contributed by atoms with Crippen molar-refractivity contribution >= 4 is 21.6 Å². The van der Waals surface area contributed by atoms with Gasteiger partial charge < -0.3 is 9.47 Å². The Bertz CT molecular complexity index is 533. The Kier molecular flexibility index (Phi) is 4.90. The van der Waals surface area contributed by atoms with Gasteiger partial charge in [-0.15, -0.1) is 11.6 Å². The minimum absolute atomic E-state index is 0.101. The highest BCUT2D eigenvalue weighted by Gasteiger charge is 2.14. The zero-order valence-corrected chi connectivity index (χ0v) is 12.0. The number of hydrogen-bond donors (Lipinski definition) is 1. The maximum atomic E-state index is 11.7. The van der Waals surface area contributed by atoms with E-state index in [-0.39, 0.29) is 19.1 Å². The van der Waals surface area contributed by atoms with Crippen molar-refractivity contribution in [2.45, 2.75) is 19.4 Å². The second-order valence-electron chi connectivity index (χ2n) is 4.22. The van der Waals surface area contributed by atoms with Gasteiger partial charge in [-0.1, -0.05) is 6.07 Å². The number of sulfonamides is 1. The van der Waals surface area contributed by atoms with Crippen LogP contribution in [0.5, 0.6) is 11.5 Å². The van der Waals surface area contributed by atoms with Gasteiger partial charge in [-0.2, -0.15) is 0 Å². The van der Waals surface area contributed by atoms with E-state index in [2.05, 4.69) is 4.72 Å². The van der Waals surface area contributed by atoms with E-state index in [1.165, 1.54) is 0 Å². The molecule has 106 valence electrons. The topological polar surface area (TPSA) is 64.6 Å². The zero-order valence-electron chi connectivity index (χ0n) is 10.4. The molecule has 1 aliphatic heterocycles. The lowest BCUT2D eigenvalue weighted by molar-refractivity contribution is 0.174. The third-order valence-corrected chi connectivity index (χ3v) is 4.41. The van der Waals surface area contributed by atoms with E-state index in [1.807, 2.05) is 6.07 Å². The predicted octanol–water partition coefficient (Wildman–Crippen LogP) is 1.85. The van der Waals surface area contributed by atoms with Crippen LogP contribution in [0.4, 0.5) is 0 Å². The number of benzene rings is 1. The van der Waals surface area contributed by atoms with Crippen molar-refractivity contribution in [3.63, 3.8) is 0 Å².